The van der Waals surface area contributed by atoms with E-state index in [0.29, 0.717) is 30.8 Å². The maximum atomic E-state index is 13.1. The van der Waals surface area contributed by atoms with Crippen molar-refractivity contribution in [2.24, 2.45) is 5.92 Å². The van der Waals surface area contributed by atoms with E-state index in [0.717, 1.165) is 5.56 Å². The van der Waals surface area contributed by atoms with Gasteiger partial charge in [0, 0.05) is 24.3 Å². The van der Waals surface area contributed by atoms with E-state index in [2.05, 4.69) is 10.3 Å². The summed E-state index contributed by atoms with van der Waals surface area (Å²) in [4.78, 5) is 26.8. The molecule has 1 heterocycles. The number of nitrogens with one attached hydrogen (secondary N) is 1. The Balaban J connectivity index is 1.72. The van der Waals surface area contributed by atoms with Gasteiger partial charge in [-0.15, -0.1) is 11.3 Å². The normalized spacial score (nSPS) is 11.9. The molecule has 5 nitrogen and oxygen atoms in total. The Hall–Kier alpha value is -2.28. The van der Waals surface area contributed by atoms with Crippen LogP contribution in [-0.4, -0.2) is 28.5 Å². The smallest absolute Gasteiger partial charge is 0.355 e. The molecule has 2 rings (SSSR count). The second kappa shape index (κ2) is 8.54. The van der Waals surface area contributed by atoms with Crippen LogP contribution >= 0.6 is 11.3 Å². The van der Waals surface area contributed by atoms with E-state index in [1.807, 2.05) is 13.0 Å². The van der Waals surface area contributed by atoms with E-state index in [9.17, 15) is 14.0 Å². The van der Waals surface area contributed by atoms with Crippen molar-refractivity contribution in [2.75, 3.05) is 6.54 Å². The van der Waals surface area contributed by atoms with Crippen LogP contribution in [0.4, 0.5) is 4.39 Å². The van der Waals surface area contributed by atoms with Gasteiger partial charge in [0.2, 0.25) is 5.91 Å². The van der Waals surface area contributed by atoms with Gasteiger partial charge in [-0.25, -0.2) is 14.2 Å². The third-order valence-corrected chi connectivity index (χ3v) is 4.52. The molecule has 1 atom stereocenters. The second-order valence-electron chi connectivity index (χ2n) is 5.54. The van der Waals surface area contributed by atoms with E-state index in [1.165, 1.54) is 28.8 Å². The molecule has 0 bridgehead atoms. The molecule has 128 valence electrons. The highest BCUT2D eigenvalue weighted by atomic mass is 32.1. The lowest BCUT2D eigenvalue weighted by Crippen LogP contribution is -2.31. The first-order chi connectivity index (χ1) is 11.5. The van der Waals surface area contributed by atoms with Gasteiger partial charge in [-0.2, -0.15) is 0 Å². The van der Waals surface area contributed by atoms with Gasteiger partial charge in [0.1, 0.15) is 5.82 Å². The molecule has 0 aliphatic heterocycles. The summed E-state index contributed by atoms with van der Waals surface area (Å²) in [5.74, 6) is -1.57. The average molecular weight is 350 g/mol. The van der Waals surface area contributed by atoms with E-state index in [4.69, 9.17) is 5.11 Å². The molecule has 0 fully saturated rings. The van der Waals surface area contributed by atoms with Crippen LogP contribution in [0.3, 0.4) is 0 Å². The van der Waals surface area contributed by atoms with E-state index in [1.54, 1.807) is 6.07 Å². The maximum absolute atomic E-state index is 13.1. The number of hydrogen-bond donors (Lipinski definition) is 2. The molecule has 7 heteroatoms. The summed E-state index contributed by atoms with van der Waals surface area (Å²) in [6.45, 7) is 2.25. The zero-order chi connectivity index (χ0) is 17.5. The summed E-state index contributed by atoms with van der Waals surface area (Å²) in [6, 6.07) is 6.38. The van der Waals surface area contributed by atoms with Crippen LogP contribution in [0.2, 0.25) is 0 Å². The largest absolute Gasteiger partial charge is 0.476 e. The fourth-order valence-corrected chi connectivity index (χ4v) is 2.97. The quantitative estimate of drug-likeness (QED) is 0.767. The number of carboxylic acid groups (broad SMARTS) is 1. The third kappa shape index (κ3) is 5.42. The number of aromatic carboxylic acids is 1. The second-order valence-corrected chi connectivity index (χ2v) is 6.48. The number of carbonyl (C=O) groups excluding carboxylic acids is 1. The van der Waals surface area contributed by atoms with Crippen LogP contribution in [0, 0.1) is 11.7 Å². The first-order valence-electron chi connectivity index (χ1n) is 7.65. The molecule has 2 aromatic rings. The zero-order valence-corrected chi connectivity index (χ0v) is 14.1. The van der Waals surface area contributed by atoms with Crippen LogP contribution in [0.5, 0.6) is 0 Å². The Kier molecular flexibility index (Phi) is 6.43. The summed E-state index contributed by atoms with van der Waals surface area (Å²) < 4.78 is 13.1. The molecule has 0 aliphatic carbocycles. The Bertz CT molecular complexity index is 717. The molecule has 0 spiro atoms. The van der Waals surface area contributed by atoms with E-state index < -0.39 is 5.97 Å². The number of halogens is 1. The molecule has 0 radical (unpaired) electrons. The molecular weight excluding hydrogens is 331 g/mol. The van der Waals surface area contributed by atoms with Crippen molar-refractivity contribution < 1.29 is 19.1 Å². The summed E-state index contributed by atoms with van der Waals surface area (Å²) in [5.41, 5.74) is 0.906. The molecule has 0 aliphatic rings. The van der Waals surface area contributed by atoms with Crippen molar-refractivity contribution in [3.8, 4) is 0 Å². The highest BCUT2D eigenvalue weighted by molar-refractivity contribution is 7.09. The Morgan fingerprint density at radius 1 is 1.38 bits per heavy atom. The number of carboxylic acids is 1. The standard InChI is InChI=1S/C17H19FN2O3S/c1-11(5-6-12-3-2-4-13(18)9-12)16(21)19-8-7-15-20-14(10-24-15)17(22)23/h2-4,9-11H,5-8H2,1H3,(H,19,21)(H,22,23). The first-order valence-corrected chi connectivity index (χ1v) is 8.53. The maximum Gasteiger partial charge on any atom is 0.355 e. The molecular formula is C17H19FN2O3S. The molecule has 1 aromatic carbocycles. The monoisotopic (exact) mass is 350 g/mol. The fraction of sp³-hybridized carbons (Fsp3) is 0.353. The van der Waals surface area contributed by atoms with Gasteiger partial charge < -0.3 is 10.4 Å². The van der Waals surface area contributed by atoms with Crippen LogP contribution in [-0.2, 0) is 17.6 Å². The SMILES string of the molecule is CC(CCc1cccc(F)c1)C(=O)NCCc1nc(C(=O)O)cs1. The van der Waals surface area contributed by atoms with Gasteiger partial charge in [0.15, 0.2) is 5.69 Å². The number of nitrogens with zero attached hydrogens (tertiary/aromatic N) is 1. The van der Waals surface area contributed by atoms with Gasteiger partial charge in [-0.1, -0.05) is 19.1 Å². The van der Waals surface area contributed by atoms with Gasteiger partial charge in [0.25, 0.3) is 0 Å². The van der Waals surface area contributed by atoms with Gasteiger partial charge in [-0.05, 0) is 30.5 Å². The van der Waals surface area contributed by atoms with Crippen molar-refractivity contribution in [2.45, 2.75) is 26.2 Å². The fourth-order valence-electron chi connectivity index (χ4n) is 2.20. The van der Waals surface area contributed by atoms with Crippen molar-refractivity contribution >= 4 is 23.2 Å². The van der Waals surface area contributed by atoms with E-state index >= 15 is 0 Å². The van der Waals surface area contributed by atoms with Crippen molar-refractivity contribution in [3.63, 3.8) is 0 Å². The minimum atomic E-state index is -1.05. The summed E-state index contributed by atoms with van der Waals surface area (Å²) in [7, 11) is 0. The Labute approximate surface area is 143 Å². The average Bonchev–Trinajstić information content (AvgIpc) is 3.01. The molecule has 1 amide bonds. The third-order valence-electron chi connectivity index (χ3n) is 3.61. The number of aryl methyl sites for hydroxylation is 1. The molecule has 1 aromatic heterocycles. The number of benzene rings is 1. The number of amides is 1. The van der Waals surface area contributed by atoms with E-state index in [-0.39, 0.29) is 23.3 Å². The van der Waals surface area contributed by atoms with Crippen LogP contribution in [0.15, 0.2) is 29.6 Å². The zero-order valence-electron chi connectivity index (χ0n) is 13.3. The summed E-state index contributed by atoms with van der Waals surface area (Å²) in [5, 5.41) is 13.8. The van der Waals surface area contributed by atoms with Gasteiger partial charge in [-0.3, -0.25) is 4.79 Å². The minimum absolute atomic E-state index is 0.0322. The van der Waals surface area contributed by atoms with Crippen LogP contribution < -0.4 is 5.32 Å². The topological polar surface area (TPSA) is 79.3 Å². The number of carbonyl (C=O) groups is 2. The lowest BCUT2D eigenvalue weighted by Gasteiger charge is -2.11. The Morgan fingerprint density at radius 2 is 2.17 bits per heavy atom. The minimum Gasteiger partial charge on any atom is -0.476 e. The highest BCUT2D eigenvalue weighted by Gasteiger charge is 2.13. The molecule has 1 unspecified atom stereocenters. The summed E-state index contributed by atoms with van der Waals surface area (Å²) >= 11 is 1.27. The highest BCUT2D eigenvalue weighted by Crippen LogP contribution is 2.12. The molecule has 2 N–H and O–H groups in total. The number of hydrogen-bond acceptors (Lipinski definition) is 4. The van der Waals surface area contributed by atoms with Crippen LogP contribution in [0.25, 0.3) is 0 Å². The molecule has 24 heavy (non-hydrogen) atoms. The van der Waals surface area contributed by atoms with Gasteiger partial charge in [0.05, 0.1) is 5.01 Å². The Morgan fingerprint density at radius 3 is 2.83 bits per heavy atom. The first kappa shape index (κ1) is 18.1. The predicted octanol–water partition coefficient (Wildman–Crippen LogP) is 2.91. The number of thiazole rings is 1. The van der Waals surface area contributed by atoms with Crippen molar-refractivity contribution in [1.29, 1.82) is 0 Å². The van der Waals surface area contributed by atoms with Gasteiger partial charge >= 0.3 is 5.97 Å². The lowest BCUT2D eigenvalue weighted by molar-refractivity contribution is -0.124. The molecule has 0 saturated carbocycles. The van der Waals surface area contributed by atoms with Crippen molar-refractivity contribution in [3.05, 3.63) is 51.7 Å². The number of rotatable bonds is 8. The predicted molar refractivity (Wildman–Crippen MR) is 89.7 cm³/mol. The molecule has 0 saturated heterocycles. The number of aromatic nitrogens is 1. The lowest BCUT2D eigenvalue weighted by atomic mass is 10.0. The van der Waals surface area contributed by atoms with Crippen molar-refractivity contribution in [1.82, 2.24) is 10.3 Å². The summed E-state index contributed by atoms with van der Waals surface area (Å²) in [6.07, 6.45) is 1.77. The van der Waals surface area contributed by atoms with Crippen LogP contribution in [0.1, 0.15) is 34.4 Å².